The Bertz CT molecular complexity index is 1090. The zero-order valence-corrected chi connectivity index (χ0v) is 18.8. The Kier molecular flexibility index (Phi) is 7.55. The Morgan fingerprint density at radius 1 is 1.03 bits per heavy atom. The van der Waals surface area contributed by atoms with Gasteiger partial charge in [-0.3, -0.25) is 14.7 Å². The molecule has 168 valence electrons. The number of nitrogens with one attached hydrogen (secondary N) is 3. The molecule has 2 aromatic carbocycles. The largest absolute Gasteiger partial charge is 0.493 e. The minimum Gasteiger partial charge on any atom is -0.493 e. The summed E-state index contributed by atoms with van der Waals surface area (Å²) in [4.78, 5) is 28.5. The van der Waals surface area contributed by atoms with Crippen LogP contribution in [0.25, 0.3) is 0 Å². The Labute approximate surface area is 189 Å². The highest BCUT2D eigenvalue weighted by molar-refractivity contribution is 7.98. The van der Waals surface area contributed by atoms with E-state index in [0.29, 0.717) is 39.4 Å². The van der Waals surface area contributed by atoms with Gasteiger partial charge in [-0.15, -0.1) is 5.10 Å². The summed E-state index contributed by atoms with van der Waals surface area (Å²) in [6.45, 7) is 0. The summed E-state index contributed by atoms with van der Waals surface area (Å²) in [6.07, 6.45) is 0. The molecule has 0 spiro atoms. The van der Waals surface area contributed by atoms with E-state index < -0.39 is 0 Å². The summed E-state index contributed by atoms with van der Waals surface area (Å²) in [6, 6.07) is 10.5. The first-order chi connectivity index (χ1) is 15.5. The normalized spacial score (nSPS) is 10.4. The van der Waals surface area contributed by atoms with Crippen molar-refractivity contribution in [1.82, 2.24) is 20.5 Å². The molecule has 0 saturated carbocycles. The van der Waals surface area contributed by atoms with Gasteiger partial charge in [0.1, 0.15) is 0 Å². The first-order valence-electron chi connectivity index (χ1n) is 9.46. The molecule has 32 heavy (non-hydrogen) atoms. The van der Waals surface area contributed by atoms with Crippen LogP contribution in [0.2, 0.25) is 0 Å². The van der Waals surface area contributed by atoms with Gasteiger partial charge < -0.3 is 24.8 Å². The first-order valence-corrected chi connectivity index (χ1v) is 10.4. The van der Waals surface area contributed by atoms with Crippen molar-refractivity contribution in [3.05, 3.63) is 53.3 Å². The van der Waals surface area contributed by atoms with E-state index >= 15 is 0 Å². The first kappa shape index (κ1) is 22.9. The van der Waals surface area contributed by atoms with Crippen molar-refractivity contribution in [3.8, 4) is 17.2 Å². The van der Waals surface area contributed by atoms with Crippen LogP contribution in [0, 0.1) is 0 Å². The van der Waals surface area contributed by atoms with Crippen molar-refractivity contribution in [2.24, 2.45) is 0 Å². The number of anilines is 1. The van der Waals surface area contributed by atoms with E-state index in [2.05, 4.69) is 25.8 Å². The van der Waals surface area contributed by atoms with E-state index in [0.717, 1.165) is 5.56 Å². The number of carbonyl (C=O) groups is 2. The van der Waals surface area contributed by atoms with Crippen LogP contribution >= 0.6 is 11.8 Å². The fourth-order valence-corrected chi connectivity index (χ4v) is 3.58. The van der Waals surface area contributed by atoms with Crippen molar-refractivity contribution in [1.29, 1.82) is 0 Å². The number of carbonyl (C=O) groups excluding carboxylic acids is 2. The van der Waals surface area contributed by atoms with Gasteiger partial charge in [-0.2, -0.15) is 4.98 Å². The van der Waals surface area contributed by atoms with Crippen molar-refractivity contribution >= 4 is 29.3 Å². The fraction of sp³-hybridized carbons (Fsp3) is 0.238. The van der Waals surface area contributed by atoms with Gasteiger partial charge in [0, 0.05) is 36.2 Å². The monoisotopic (exact) mass is 457 g/mol. The predicted octanol–water partition coefficient (Wildman–Crippen LogP) is 2.73. The predicted molar refractivity (Wildman–Crippen MR) is 120 cm³/mol. The molecular weight excluding hydrogens is 434 g/mol. The maximum atomic E-state index is 12.8. The smallest absolute Gasteiger partial charge is 0.290 e. The lowest BCUT2D eigenvalue weighted by atomic mass is 10.1. The van der Waals surface area contributed by atoms with E-state index in [9.17, 15) is 9.59 Å². The highest BCUT2D eigenvalue weighted by Gasteiger charge is 2.16. The van der Waals surface area contributed by atoms with Crippen LogP contribution in [-0.2, 0) is 5.75 Å². The van der Waals surface area contributed by atoms with E-state index in [1.807, 2.05) is 6.07 Å². The topological polar surface area (TPSA) is 127 Å². The molecule has 0 radical (unpaired) electrons. The molecule has 10 nitrogen and oxygen atoms in total. The quantitative estimate of drug-likeness (QED) is 0.419. The minimum absolute atomic E-state index is 0.0773. The molecular formula is C21H23N5O5S. The van der Waals surface area contributed by atoms with Gasteiger partial charge in [0.2, 0.25) is 11.6 Å². The van der Waals surface area contributed by atoms with Crippen molar-refractivity contribution in [2.45, 2.75) is 10.9 Å². The fourth-order valence-electron chi connectivity index (χ4n) is 2.84. The number of amides is 2. The second-order valence-corrected chi connectivity index (χ2v) is 7.36. The Hall–Kier alpha value is -3.73. The number of ether oxygens (including phenoxy) is 3. The van der Waals surface area contributed by atoms with Crippen molar-refractivity contribution in [2.75, 3.05) is 33.7 Å². The SMILES string of the molecule is CNC(=O)c1n[nH]c(SCc2cccc(C(=O)Nc3cc(OC)c(OC)c(OC)c3)c2)n1. The number of methoxy groups -OCH3 is 3. The standard InChI is InChI=1S/C21H23N5O5S/c1-22-20(28)18-24-21(26-25-18)32-11-12-6-5-7-13(8-12)19(27)23-14-9-15(29-2)17(31-4)16(10-14)30-3/h5-10H,11H2,1-4H3,(H,22,28)(H,23,27)(H,24,25,26). The van der Waals surface area contributed by atoms with Crippen LogP contribution in [0.15, 0.2) is 41.6 Å². The summed E-state index contributed by atoms with van der Waals surface area (Å²) in [5.41, 5.74) is 1.90. The minimum atomic E-state index is -0.362. The summed E-state index contributed by atoms with van der Waals surface area (Å²) >= 11 is 1.37. The molecule has 0 unspecified atom stereocenters. The van der Waals surface area contributed by atoms with Crippen LogP contribution in [-0.4, -0.2) is 55.4 Å². The van der Waals surface area contributed by atoms with Gasteiger partial charge in [0.15, 0.2) is 16.7 Å². The molecule has 2 amide bonds. The van der Waals surface area contributed by atoms with Gasteiger partial charge in [0.25, 0.3) is 11.8 Å². The lowest BCUT2D eigenvalue weighted by Gasteiger charge is -2.14. The molecule has 3 aromatic rings. The molecule has 0 aliphatic rings. The number of aromatic amines is 1. The summed E-state index contributed by atoms with van der Waals surface area (Å²) in [5, 5.41) is 12.4. The number of hydrogen-bond acceptors (Lipinski definition) is 8. The molecule has 0 bridgehead atoms. The molecule has 0 aliphatic heterocycles. The molecule has 3 rings (SSSR count). The molecule has 11 heteroatoms. The van der Waals surface area contributed by atoms with Crippen LogP contribution in [0.4, 0.5) is 5.69 Å². The lowest BCUT2D eigenvalue weighted by molar-refractivity contribution is 0.0952. The van der Waals surface area contributed by atoms with E-state index in [4.69, 9.17) is 14.2 Å². The molecule has 1 heterocycles. The molecule has 0 saturated heterocycles. The average Bonchev–Trinajstić information content (AvgIpc) is 3.30. The highest BCUT2D eigenvalue weighted by atomic mass is 32.2. The van der Waals surface area contributed by atoms with Crippen LogP contribution in [0.3, 0.4) is 0 Å². The molecule has 3 N–H and O–H groups in total. The number of aromatic nitrogens is 3. The second kappa shape index (κ2) is 10.5. The van der Waals surface area contributed by atoms with Gasteiger partial charge in [-0.1, -0.05) is 23.9 Å². The van der Waals surface area contributed by atoms with E-state index in [1.165, 1.54) is 40.1 Å². The summed E-state index contributed by atoms with van der Waals surface area (Å²) < 4.78 is 16.0. The average molecular weight is 458 g/mol. The van der Waals surface area contributed by atoms with Gasteiger partial charge >= 0.3 is 0 Å². The van der Waals surface area contributed by atoms with Crippen LogP contribution in [0.1, 0.15) is 26.5 Å². The van der Waals surface area contributed by atoms with E-state index in [1.54, 1.807) is 30.3 Å². The number of thioether (sulfide) groups is 1. The molecule has 1 aromatic heterocycles. The molecule has 0 atom stereocenters. The third-order valence-corrected chi connectivity index (χ3v) is 5.32. The Morgan fingerprint density at radius 2 is 1.75 bits per heavy atom. The number of benzene rings is 2. The van der Waals surface area contributed by atoms with Gasteiger partial charge in [-0.05, 0) is 17.7 Å². The van der Waals surface area contributed by atoms with Crippen molar-refractivity contribution < 1.29 is 23.8 Å². The van der Waals surface area contributed by atoms with Crippen molar-refractivity contribution in [3.63, 3.8) is 0 Å². The third kappa shape index (κ3) is 5.30. The number of nitrogens with zero attached hydrogens (tertiary/aromatic N) is 2. The van der Waals surface area contributed by atoms with Crippen LogP contribution in [0.5, 0.6) is 17.2 Å². The number of hydrogen-bond donors (Lipinski definition) is 3. The zero-order chi connectivity index (χ0) is 23.1. The second-order valence-electron chi connectivity index (χ2n) is 6.40. The highest BCUT2D eigenvalue weighted by Crippen LogP contribution is 2.40. The third-order valence-electron chi connectivity index (χ3n) is 4.38. The van der Waals surface area contributed by atoms with Gasteiger partial charge in [0.05, 0.1) is 21.3 Å². The van der Waals surface area contributed by atoms with Gasteiger partial charge in [-0.25, -0.2) is 0 Å². The summed E-state index contributed by atoms with van der Waals surface area (Å²) in [7, 11) is 6.05. The maximum Gasteiger partial charge on any atom is 0.290 e. The molecule has 0 aliphatic carbocycles. The zero-order valence-electron chi connectivity index (χ0n) is 18.0. The van der Waals surface area contributed by atoms with E-state index in [-0.39, 0.29) is 17.6 Å². The lowest BCUT2D eigenvalue weighted by Crippen LogP contribution is -2.19. The Morgan fingerprint density at radius 3 is 2.38 bits per heavy atom. The summed E-state index contributed by atoms with van der Waals surface area (Å²) in [5.74, 6) is 1.29. The molecule has 0 fully saturated rings. The van der Waals surface area contributed by atoms with Crippen LogP contribution < -0.4 is 24.8 Å². The Balaban J connectivity index is 1.70. The number of H-pyrrole nitrogens is 1. The maximum absolute atomic E-state index is 12.8. The number of rotatable bonds is 9.